The van der Waals surface area contributed by atoms with Gasteiger partial charge < -0.3 is 15.0 Å². The Balaban J connectivity index is 1.72. The van der Waals surface area contributed by atoms with E-state index in [0.29, 0.717) is 0 Å². The summed E-state index contributed by atoms with van der Waals surface area (Å²) >= 11 is 0. The molecule has 3 rings (SSSR count). The second-order valence-electron chi connectivity index (χ2n) is 7.17. The van der Waals surface area contributed by atoms with Gasteiger partial charge in [0.2, 0.25) is 0 Å². The van der Waals surface area contributed by atoms with Crippen LogP contribution in [0.1, 0.15) is 56.5 Å². The molecule has 0 spiro atoms. The Morgan fingerprint density at radius 3 is 2.68 bits per heavy atom. The lowest BCUT2D eigenvalue weighted by Crippen LogP contribution is -2.22. The second kappa shape index (κ2) is 10.7. The van der Waals surface area contributed by atoms with Crippen molar-refractivity contribution in [3.05, 3.63) is 72.2 Å². The van der Waals surface area contributed by atoms with E-state index in [1.807, 2.05) is 24.4 Å². The highest BCUT2D eigenvalue weighted by Gasteiger charge is 2.15. The predicted octanol–water partition coefficient (Wildman–Crippen LogP) is 5.89. The fraction of sp³-hybridized carbons (Fsp3) is 0.375. The summed E-state index contributed by atoms with van der Waals surface area (Å²) in [4.78, 5) is 8.30. The first kappa shape index (κ1) is 20.2. The van der Waals surface area contributed by atoms with Gasteiger partial charge in [-0.2, -0.15) is 0 Å². The molecule has 0 fully saturated rings. The fourth-order valence-corrected chi connectivity index (χ4v) is 3.39. The number of methoxy groups -OCH3 is 1. The Labute approximate surface area is 168 Å². The SMILES string of the molecule is CCCCCC[C@H](NCc1ccccc1)c1nc(-c2cccc(OC)c2)c[nH]1. The highest BCUT2D eigenvalue weighted by atomic mass is 16.5. The van der Waals surface area contributed by atoms with Crippen LogP contribution in [0.3, 0.4) is 0 Å². The summed E-state index contributed by atoms with van der Waals surface area (Å²) in [6.45, 7) is 3.09. The monoisotopic (exact) mass is 377 g/mol. The van der Waals surface area contributed by atoms with Crippen LogP contribution in [0.25, 0.3) is 11.3 Å². The molecule has 0 radical (unpaired) electrons. The second-order valence-corrected chi connectivity index (χ2v) is 7.17. The Bertz CT molecular complexity index is 829. The minimum absolute atomic E-state index is 0.219. The van der Waals surface area contributed by atoms with Crippen LogP contribution in [0.2, 0.25) is 0 Å². The van der Waals surface area contributed by atoms with Gasteiger partial charge >= 0.3 is 0 Å². The van der Waals surface area contributed by atoms with Crippen LogP contribution in [0.4, 0.5) is 0 Å². The smallest absolute Gasteiger partial charge is 0.124 e. The van der Waals surface area contributed by atoms with Crippen LogP contribution < -0.4 is 10.1 Å². The van der Waals surface area contributed by atoms with Crippen LogP contribution in [0.5, 0.6) is 5.75 Å². The van der Waals surface area contributed by atoms with Crippen molar-refractivity contribution in [3.8, 4) is 17.0 Å². The Kier molecular flexibility index (Phi) is 7.68. The van der Waals surface area contributed by atoms with Crippen molar-refractivity contribution >= 4 is 0 Å². The summed E-state index contributed by atoms with van der Waals surface area (Å²) in [6.07, 6.45) is 8.09. The van der Waals surface area contributed by atoms with Crippen LogP contribution in [0, 0.1) is 0 Å². The van der Waals surface area contributed by atoms with Crippen molar-refractivity contribution in [3.63, 3.8) is 0 Å². The largest absolute Gasteiger partial charge is 0.497 e. The quantitative estimate of drug-likeness (QED) is 0.410. The molecule has 2 aromatic carbocycles. The topological polar surface area (TPSA) is 49.9 Å². The van der Waals surface area contributed by atoms with Crippen molar-refractivity contribution in [2.75, 3.05) is 7.11 Å². The number of hydrogen-bond acceptors (Lipinski definition) is 3. The molecule has 1 aromatic heterocycles. The van der Waals surface area contributed by atoms with Gasteiger partial charge in [0.25, 0.3) is 0 Å². The van der Waals surface area contributed by atoms with Gasteiger partial charge in [-0.05, 0) is 24.1 Å². The lowest BCUT2D eigenvalue weighted by molar-refractivity contribution is 0.415. The van der Waals surface area contributed by atoms with E-state index in [4.69, 9.17) is 9.72 Å². The normalized spacial score (nSPS) is 12.1. The van der Waals surface area contributed by atoms with Gasteiger partial charge in [-0.25, -0.2) is 4.98 Å². The minimum atomic E-state index is 0.219. The number of H-pyrrole nitrogens is 1. The van der Waals surface area contributed by atoms with E-state index >= 15 is 0 Å². The summed E-state index contributed by atoms with van der Waals surface area (Å²) in [6, 6.07) is 18.8. The van der Waals surface area contributed by atoms with Gasteiger partial charge in [0.05, 0.1) is 18.8 Å². The van der Waals surface area contributed by atoms with Crippen LogP contribution in [0.15, 0.2) is 60.8 Å². The molecule has 4 heteroatoms. The highest BCUT2D eigenvalue weighted by Crippen LogP contribution is 2.25. The number of ether oxygens (including phenoxy) is 1. The molecular weight excluding hydrogens is 346 g/mol. The number of aromatic nitrogens is 2. The maximum absolute atomic E-state index is 5.34. The van der Waals surface area contributed by atoms with Gasteiger partial charge in [0, 0.05) is 18.3 Å². The van der Waals surface area contributed by atoms with Crippen molar-refractivity contribution in [2.24, 2.45) is 0 Å². The van der Waals surface area contributed by atoms with E-state index in [2.05, 4.69) is 53.6 Å². The van der Waals surface area contributed by atoms with Crippen LogP contribution >= 0.6 is 0 Å². The molecule has 28 heavy (non-hydrogen) atoms. The number of imidazole rings is 1. The molecule has 148 valence electrons. The predicted molar refractivity (Wildman–Crippen MR) is 115 cm³/mol. The fourth-order valence-electron chi connectivity index (χ4n) is 3.39. The van der Waals surface area contributed by atoms with E-state index in [1.54, 1.807) is 7.11 Å². The number of nitrogens with one attached hydrogen (secondary N) is 2. The van der Waals surface area contributed by atoms with E-state index < -0.39 is 0 Å². The van der Waals surface area contributed by atoms with Crippen molar-refractivity contribution < 1.29 is 4.74 Å². The van der Waals surface area contributed by atoms with Gasteiger partial charge in [-0.15, -0.1) is 0 Å². The first-order chi connectivity index (χ1) is 13.8. The average molecular weight is 378 g/mol. The average Bonchev–Trinajstić information content (AvgIpc) is 3.24. The van der Waals surface area contributed by atoms with Gasteiger partial charge in [-0.3, -0.25) is 0 Å². The number of benzene rings is 2. The molecule has 4 nitrogen and oxygen atoms in total. The molecular formula is C24H31N3O. The maximum atomic E-state index is 5.34. The molecule has 3 aromatic rings. The Morgan fingerprint density at radius 1 is 1.04 bits per heavy atom. The van der Waals surface area contributed by atoms with Crippen molar-refractivity contribution in [1.82, 2.24) is 15.3 Å². The number of rotatable bonds is 11. The maximum Gasteiger partial charge on any atom is 0.124 e. The third-order valence-electron chi connectivity index (χ3n) is 5.04. The lowest BCUT2D eigenvalue weighted by Gasteiger charge is -2.17. The molecule has 0 saturated heterocycles. The minimum Gasteiger partial charge on any atom is -0.497 e. The lowest BCUT2D eigenvalue weighted by atomic mass is 10.1. The Hall–Kier alpha value is -2.59. The first-order valence-corrected chi connectivity index (χ1v) is 10.3. The standard InChI is InChI=1S/C24H31N3O/c1-3-4-5-9-15-22(25-17-19-11-7-6-8-12-19)24-26-18-23(27-24)20-13-10-14-21(16-20)28-2/h6-8,10-14,16,18,22,25H,3-5,9,15,17H2,1-2H3,(H,26,27)/t22-/m0/s1. The third-order valence-corrected chi connectivity index (χ3v) is 5.04. The van der Waals surface area contributed by atoms with Crippen LogP contribution in [-0.2, 0) is 6.54 Å². The van der Waals surface area contributed by atoms with E-state index in [-0.39, 0.29) is 6.04 Å². The molecule has 1 heterocycles. The van der Waals surface area contributed by atoms with E-state index in [0.717, 1.165) is 35.8 Å². The van der Waals surface area contributed by atoms with Crippen molar-refractivity contribution in [2.45, 2.75) is 51.6 Å². The molecule has 0 amide bonds. The summed E-state index contributed by atoms with van der Waals surface area (Å²) in [5.41, 5.74) is 3.31. The highest BCUT2D eigenvalue weighted by molar-refractivity contribution is 5.60. The third kappa shape index (κ3) is 5.70. The zero-order chi connectivity index (χ0) is 19.6. The zero-order valence-electron chi connectivity index (χ0n) is 16.9. The molecule has 1 atom stereocenters. The van der Waals surface area contributed by atoms with Gasteiger partial charge in [0.15, 0.2) is 0 Å². The molecule has 0 unspecified atom stereocenters. The number of unbranched alkanes of at least 4 members (excludes halogenated alkanes) is 3. The van der Waals surface area contributed by atoms with Crippen molar-refractivity contribution in [1.29, 1.82) is 0 Å². The zero-order valence-corrected chi connectivity index (χ0v) is 16.9. The number of nitrogens with zero attached hydrogens (tertiary/aromatic N) is 1. The number of aromatic amines is 1. The first-order valence-electron chi connectivity index (χ1n) is 10.3. The van der Waals surface area contributed by atoms with E-state index in [1.165, 1.54) is 31.2 Å². The molecule has 0 bridgehead atoms. The summed E-state index contributed by atoms with van der Waals surface area (Å²) in [5.74, 6) is 1.85. The summed E-state index contributed by atoms with van der Waals surface area (Å²) < 4.78 is 5.34. The number of hydrogen-bond donors (Lipinski definition) is 2. The van der Waals surface area contributed by atoms with Crippen LogP contribution in [-0.4, -0.2) is 17.1 Å². The molecule has 0 aliphatic heterocycles. The Morgan fingerprint density at radius 2 is 1.89 bits per heavy atom. The summed E-state index contributed by atoms with van der Waals surface area (Å²) in [7, 11) is 1.69. The molecule has 0 aliphatic carbocycles. The van der Waals surface area contributed by atoms with E-state index in [9.17, 15) is 0 Å². The molecule has 0 saturated carbocycles. The summed E-state index contributed by atoms with van der Waals surface area (Å²) in [5, 5.41) is 3.70. The van der Waals surface area contributed by atoms with Gasteiger partial charge in [0.1, 0.15) is 11.6 Å². The molecule has 0 aliphatic rings. The molecule has 2 N–H and O–H groups in total. The van der Waals surface area contributed by atoms with Gasteiger partial charge in [-0.1, -0.05) is 75.1 Å².